The van der Waals surface area contributed by atoms with Crippen LogP contribution in [0.1, 0.15) is 12.5 Å². The van der Waals surface area contributed by atoms with Crippen LogP contribution in [0.25, 0.3) is 10.9 Å². The normalized spacial score (nSPS) is 10.1. The fraction of sp³-hybridized carbons (Fsp3) is 0.200. The summed E-state index contributed by atoms with van der Waals surface area (Å²) >= 11 is 0. The molecule has 18 heavy (non-hydrogen) atoms. The number of aromatic nitrogens is 1. The van der Waals surface area contributed by atoms with E-state index in [9.17, 15) is 5.26 Å². The Bertz CT molecular complexity index is 638. The molecule has 0 fully saturated rings. The Labute approximate surface area is 107 Å². The van der Waals surface area contributed by atoms with E-state index in [2.05, 4.69) is 17.6 Å². The Morgan fingerprint density at radius 3 is 2.83 bits per heavy atom. The Balaban J connectivity index is 2.54. The highest BCUT2D eigenvalue weighted by atomic mass is 15.2. The van der Waals surface area contributed by atoms with Crippen molar-refractivity contribution >= 4 is 16.7 Å². The van der Waals surface area contributed by atoms with Crippen LogP contribution in [-0.2, 0) is 0 Å². The molecule has 0 saturated carbocycles. The van der Waals surface area contributed by atoms with E-state index in [1.54, 1.807) is 0 Å². The lowest BCUT2D eigenvalue weighted by molar-refractivity contribution is 0.960. The molecule has 3 nitrogen and oxygen atoms in total. The molecular weight excluding hydrogens is 222 g/mol. The zero-order chi connectivity index (χ0) is 13.1. The van der Waals surface area contributed by atoms with E-state index in [0.29, 0.717) is 5.56 Å². The number of pyridine rings is 1. The summed E-state index contributed by atoms with van der Waals surface area (Å²) in [6, 6.07) is 11.7. The predicted octanol–water partition coefficient (Wildman–Crippen LogP) is 3.12. The molecule has 0 aliphatic heterocycles. The van der Waals surface area contributed by atoms with Gasteiger partial charge in [0.25, 0.3) is 0 Å². The third-order valence-corrected chi connectivity index (χ3v) is 2.72. The lowest BCUT2D eigenvalue weighted by Crippen LogP contribution is -2.20. The van der Waals surface area contributed by atoms with Gasteiger partial charge in [0.1, 0.15) is 5.82 Å². The van der Waals surface area contributed by atoms with Crippen molar-refractivity contribution in [3.8, 4) is 6.07 Å². The van der Waals surface area contributed by atoms with Crippen molar-refractivity contribution in [2.75, 3.05) is 18.5 Å². The molecule has 0 amide bonds. The highest BCUT2D eigenvalue weighted by molar-refractivity contribution is 5.86. The molecule has 0 N–H and O–H groups in total. The van der Waals surface area contributed by atoms with Crippen molar-refractivity contribution in [3.05, 3.63) is 48.0 Å². The summed E-state index contributed by atoms with van der Waals surface area (Å²) < 4.78 is 0. The predicted molar refractivity (Wildman–Crippen MR) is 74.5 cm³/mol. The molecular formula is C15H15N3. The van der Waals surface area contributed by atoms with E-state index in [1.165, 1.54) is 0 Å². The molecule has 1 heterocycles. The van der Waals surface area contributed by atoms with E-state index in [1.807, 2.05) is 49.2 Å². The minimum Gasteiger partial charge on any atom is -0.356 e. The third kappa shape index (κ3) is 2.33. The third-order valence-electron chi connectivity index (χ3n) is 2.72. The molecule has 0 radical (unpaired) electrons. The van der Waals surface area contributed by atoms with Crippen molar-refractivity contribution in [2.24, 2.45) is 0 Å². The lowest BCUT2D eigenvalue weighted by atomic mass is 10.1. The van der Waals surface area contributed by atoms with Gasteiger partial charge in [-0.3, -0.25) is 0 Å². The molecule has 0 saturated heterocycles. The maximum atomic E-state index is 9.21. The molecule has 0 aliphatic rings. The van der Waals surface area contributed by atoms with Crippen LogP contribution in [0.4, 0.5) is 5.82 Å². The number of anilines is 1. The Morgan fingerprint density at radius 1 is 1.44 bits per heavy atom. The van der Waals surface area contributed by atoms with Crippen molar-refractivity contribution in [1.82, 2.24) is 4.98 Å². The van der Waals surface area contributed by atoms with Gasteiger partial charge in [-0.15, -0.1) is 0 Å². The summed E-state index contributed by atoms with van der Waals surface area (Å²) in [6.45, 7) is 6.60. The SMILES string of the molecule is C=C(C)CN(C)c1cc(C#N)c2ccccc2n1. The largest absolute Gasteiger partial charge is 0.356 e. The van der Waals surface area contributed by atoms with Crippen LogP contribution in [0.5, 0.6) is 0 Å². The summed E-state index contributed by atoms with van der Waals surface area (Å²) in [5.74, 6) is 0.799. The second-order valence-corrected chi connectivity index (χ2v) is 4.47. The number of fused-ring (bicyclic) bond motifs is 1. The molecule has 2 rings (SSSR count). The molecule has 0 bridgehead atoms. The molecule has 2 aromatic rings. The number of hydrogen-bond donors (Lipinski definition) is 0. The number of nitrogens with zero attached hydrogens (tertiary/aromatic N) is 3. The minimum absolute atomic E-state index is 0.657. The van der Waals surface area contributed by atoms with Gasteiger partial charge in [0.2, 0.25) is 0 Å². The van der Waals surface area contributed by atoms with Crippen molar-refractivity contribution in [3.63, 3.8) is 0 Å². The maximum Gasteiger partial charge on any atom is 0.130 e. The molecule has 1 aromatic carbocycles. The summed E-state index contributed by atoms with van der Waals surface area (Å²) in [5, 5.41) is 10.1. The first-order valence-corrected chi connectivity index (χ1v) is 5.77. The zero-order valence-corrected chi connectivity index (χ0v) is 10.6. The average Bonchev–Trinajstić information content (AvgIpc) is 2.36. The van der Waals surface area contributed by atoms with Crippen molar-refractivity contribution in [2.45, 2.75) is 6.92 Å². The van der Waals surface area contributed by atoms with Gasteiger partial charge in [-0.1, -0.05) is 30.4 Å². The van der Waals surface area contributed by atoms with Gasteiger partial charge in [-0.25, -0.2) is 4.98 Å². The highest BCUT2D eigenvalue weighted by Gasteiger charge is 2.08. The second kappa shape index (κ2) is 4.89. The van der Waals surface area contributed by atoms with Crippen LogP contribution in [-0.4, -0.2) is 18.6 Å². The van der Waals surface area contributed by atoms with E-state index < -0.39 is 0 Å². The highest BCUT2D eigenvalue weighted by Crippen LogP contribution is 2.22. The Morgan fingerprint density at radius 2 is 2.17 bits per heavy atom. The fourth-order valence-electron chi connectivity index (χ4n) is 1.94. The van der Waals surface area contributed by atoms with Gasteiger partial charge < -0.3 is 4.90 Å². The number of nitriles is 1. The zero-order valence-electron chi connectivity index (χ0n) is 10.6. The van der Waals surface area contributed by atoms with E-state index >= 15 is 0 Å². The monoisotopic (exact) mass is 237 g/mol. The van der Waals surface area contributed by atoms with Gasteiger partial charge in [0, 0.05) is 19.0 Å². The van der Waals surface area contributed by atoms with E-state index in [0.717, 1.165) is 28.8 Å². The van der Waals surface area contributed by atoms with Crippen molar-refractivity contribution < 1.29 is 0 Å². The van der Waals surface area contributed by atoms with E-state index in [-0.39, 0.29) is 0 Å². The molecule has 0 aliphatic carbocycles. The van der Waals surface area contributed by atoms with Crippen LogP contribution >= 0.6 is 0 Å². The number of rotatable bonds is 3. The molecule has 90 valence electrons. The Kier molecular flexibility index (Phi) is 3.29. The van der Waals surface area contributed by atoms with Crippen LogP contribution in [0.3, 0.4) is 0 Å². The summed E-state index contributed by atoms with van der Waals surface area (Å²) in [5.41, 5.74) is 2.57. The van der Waals surface area contributed by atoms with Crippen LogP contribution < -0.4 is 4.90 Å². The van der Waals surface area contributed by atoms with Gasteiger partial charge in [-0.05, 0) is 19.1 Å². The second-order valence-electron chi connectivity index (χ2n) is 4.47. The number of likely N-dealkylation sites (N-methyl/N-ethyl adjacent to an activating group) is 1. The molecule has 0 atom stereocenters. The smallest absolute Gasteiger partial charge is 0.130 e. The lowest BCUT2D eigenvalue weighted by Gasteiger charge is -2.19. The molecule has 0 spiro atoms. The first-order valence-electron chi connectivity index (χ1n) is 5.77. The minimum atomic E-state index is 0.657. The van der Waals surface area contributed by atoms with Crippen LogP contribution in [0.15, 0.2) is 42.5 Å². The van der Waals surface area contributed by atoms with Gasteiger partial charge in [-0.2, -0.15) is 5.26 Å². The fourth-order valence-corrected chi connectivity index (χ4v) is 1.94. The maximum absolute atomic E-state index is 9.21. The molecule has 3 heteroatoms. The van der Waals surface area contributed by atoms with Gasteiger partial charge in [0.15, 0.2) is 0 Å². The summed E-state index contributed by atoms with van der Waals surface area (Å²) in [7, 11) is 1.95. The van der Waals surface area contributed by atoms with Gasteiger partial charge in [0.05, 0.1) is 17.1 Å². The number of para-hydroxylation sites is 1. The van der Waals surface area contributed by atoms with Crippen LogP contribution in [0.2, 0.25) is 0 Å². The first kappa shape index (κ1) is 12.1. The first-order chi connectivity index (χ1) is 8.61. The number of hydrogen-bond acceptors (Lipinski definition) is 3. The summed E-state index contributed by atoms with van der Waals surface area (Å²) in [4.78, 5) is 6.57. The summed E-state index contributed by atoms with van der Waals surface area (Å²) in [6.07, 6.45) is 0. The topological polar surface area (TPSA) is 39.9 Å². The molecule has 0 unspecified atom stereocenters. The quantitative estimate of drug-likeness (QED) is 0.770. The molecule has 1 aromatic heterocycles. The van der Waals surface area contributed by atoms with Crippen molar-refractivity contribution in [1.29, 1.82) is 5.26 Å². The Hall–Kier alpha value is -2.34. The average molecular weight is 237 g/mol. The van der Waals surface area contributed by atoms with Crippen LogP contribution in [0, 0.1) is 11.3 Å². The van der Waals surface area contributed by atoms with E-state index in [4.69, 9.17) is 0 Å². The standard InChI is InChI=1S/C15H15N3/c1-11(2)10-18(3)15-8-12(9-16)13-6-4-5-7-14(13)17-15/h4-8H,1,10H2,2-3H3. The van der Waals surface area contributed by atoms with Gasteiger partial charge >= 0.3 is 0 Å². The number of benzene rings is 1.